The Hall–Kier alpha value is -3.36. The van der Waals surface area contributed by atoms with Gasteiger partial charge < -0.3 is 23.9 Å². The lowest BCUT2D eigenvalue weighted by Gasteiger charge is -2.27. The highest BCUT2D eigenvalue weighted by Gasteiger charge is 2.41. The maximum absolute atomic E-state index is 12.3. The number of rotatable bonds is 4. The second-order valence-electron chi connectivity index (χ2n) is 6.68. The first-order valence-corrected chi connectivity index (χ1v) is 8.85. The highest BCUT2D eigenvalue weighted by Crippen LogP contribution is 2.37. The van der Waals surface area contributed by atoms with Crippen LogP contribution in [0.2, 0.25) is 0 Å². The summed E-state index contributed by atoms with van der Waals surface area (Å²) in [4.78, 5) is 52.0. The Morgan fingerprint density at radius 2 is 1.31 bits per heavy atom. The Morgan fingerprint density at radius 3 is 1.83 bits per heavy atom. The van der Waals surface area contributed by atoms with Gasteiger partial charge in [-0.25, -0.2) is 9.59 Å². The number of methoxy groups -OCH3 is 4. The SMILES string of the molecule is COC(=O)c1cc2[nH]c3c(c2cc1C(=O)OC)CC(C(=O)OC)C(C(=O)OC)C3. The third kappa shape index (κ3) is 3.43. The minimum Gasteiger partial charge on any atom is -0.469 e. The Kier molecular flexibility index (Phi) is 5.58. The zero-order chi connectivity index (χ0) is 21.3. The van der Waals surface area contributed by atoms with E-state index in [-0.39, 0.29) is 24.0 Å². The predicted molar refractivity (Wildman–Crippen MR) is 99.4 cm³/mol. The molecule has 0 fully saturated rings. The van der Waals surface area contributed by atoms with Crippen LogP contribution in [-0.2, 0) is 41.4 Å². The van der Waals surface area contributed by atoms with Crippen molar-refractivity contribution in [1.82, 2.24) is 4.98 Å². The van der Waals surface area contributed by atoms with Gasteiger partial charge in [0.1, 0.15) is 0 Å². The highest BCUT2D eigenvalue weighted by molar-refractivity contribution is 6.07. The fraction of sp³-hybridized carbons (Fsp3) is 0.400. The van der Waals surface area contributed by atoms with Gasteiger partial charge in [-0.3, -0.25) is 9.59 Å². The number of H-pyrrole nitrogens is 1. The van der Waals surface area contributed by atoms with Crippen molar-refractivity contribution in [2.75, 3.05) is 28.4 Å². The number of carbonyl (C=O) groups excluding carboxylic acids is 4. The fourth-order valence-corrected chi connectivity index (χ4v) is 3.84. The standard InChI is InChI=1S/C20H21NO8/c1-26-17(22)11-5-9-10-6-12(18(23)27-2)14(20(25)29-4)8-16(10)21-15(9)7-13(11)19(24)28-3/h5,7,12,14,21H,6,8H2,1-4H3. The van der Waals surface area contributed by atoms with E-state index in [1.807, 2.05) is 0 Å². The van der Waals surface area contributed by atoms with Crippen molar-refractivity contribution in [3.8, 4) is 0 Å². The third-order valence-electron chi connectivity index (χ3n) is 5.28. The monoisotopic (exact) mass is 403 g/mol. The summed E-state index contributed by atoms with van der Waals surface area (Å²) in [6.45, 7) is 0. The summed E-state index contributed by atoms with van der Waals surface area (Å²) in [5.41, 5.74) is 2.19. The van der Waals surface area contributed by atoms with Crippen LogP contribution in [0.25, 0.3) is 10.9 Å². The van der Waals surface area contributed by atoms with Crippen LogP contribution < -0.4 is 0 Å². The molecule has 0 amide bonds. The zero-order valence-electron chi connectivity index (χ0n) is 16.5. The van der Waals surface area contributed by atoms with Gasteiger partial charge in [0.15, 0.2) is 0 Å². The number of aromatic nitrogens is 1. The molecule has 1 aromatic heterocycles. The molecule has 2 aromatic rings. The molecule has 1 aromatic carbocycles. The number of hydrogen-bond acceptors (Lipinski definition) is 8. The number of esters is 4. The van der Waals surface area contributed by atoms with Gasteiger partial charge in [0.05, 0.1) is 51.4 Å². The smallest absolute Gasteiger partial charge is 0.338 e. The molecule has 0 aliphatic heterocycles. The first-order chi connectivity index (χ1) is 13.9. The molecular formula is C20H21NO8. The molecule has 154 valence electrons. The molecule has 0 saturated carbocycles. The van der Waals surface area contributed by atoms with Gasteiger partial charge in [-0.1, -0.05) is 0 Å². The molecule has 0 spiro atoms. The van der Waals surface area contributed by atoms with Crippen molar-refractivity contribution in [3.05, 3.63) is 34.5 Å². The van der Waals surface area contributed by atoms with E-state index in [1.165, 1.54) is 40.6 Å². The summed E-state index contributed by atoms with van der Waals surface area (Å²) in [6, 6.07) is 3.04. The molecule has 1 N–H and O–H groups in total. The minimum atomic E-state index is -0.721. The Labute approximate surface area is 166 Å². The van der Waals surface area contributed by atoms with Gasteiger partial charge in [-0.05, 0) is 24.1 Å². The topological polar surface area (TPSA) is 121 Å². The average Bonchev–Trinajstić information content (AvgIpc) is 3.11. The first-order valence-electron chi connectivity index (χ1n) is 8.85. The van der Waals surface area contributed by atoms with Gasteiger partial charge in [-0.2, -0.15) is 0 Å². The molecule has 2 unspecified atom stereocenters. The minimum absolute atomic E-state index is 0.0540. The average molecular weight is 403 g/mol. The van der Waals surface area contributed by atoms with Crippen molar-refractivity contribution in [2.45, 2.75) is 12.8 Å². The molecule has 9 heteroatoms. The van der Waals surface area contributed by atoms with E-state index < -0.39 is 35.7 Å². The molecular weight excluding hydrogens is 382 g/mol. The normalized spacial score (nSPS) is 17.9. The number of nitrogens with one attached hydrogen (secondary N) is 1. The van der Waals surface area contributed by atoms with Gasteiger partial charge >= 0.3 is 23.9 Å². The number of aromatic amines is 1. The Morgan fingerprint density at radius 1 is 0.793 bits per heavy atom. The molecule has 1 heterocycles. The number of ether oxygens (including phenoxy) is 4. The quantitative estimate of drug-likeness (QED) is 0.601. The predicted octanol–water partition coefficient (Wildman–Crippen LogP) is 1.42. The summed E-state index contributed by atoms with van der Waals surface area (Å²) in [5, 5.41) is 0.658. The van der Waals surface area contributed by atoms with Crippen LogP contribution in [0.3, 0.4) is 0 Å². The third-order valence-corrected chi connectivity index (χ3v) is 5.28. The maximum Gasteiger partial charge on any atom is 0.338 e. The van der Waals surface area contributed by atoms with Crippen LogP contribution in [0.5, 0.6) is 0 Å². The summed E-state index contributed by atoms with van der Waals surface area (Å²) in [5.74, 6) is -3.81. The molecule has 29 heavy (non-hydrogen) atoms. The molecule has 0 radical (unpaired) electrons. The first kappa shape index (κ1) is 20.4. The van der Waals surface area contributed by atoms with E-state index in [0.717, 1.165) is 11.3 Å². The van der Waals surface area contributed by atoms with Crippen molar-refractivity contribution in [2.24, 2.45) is 11.8 Å². The summed E-state index contributed by atoms with van der Waals surface area (Å²) >= 11 is 0. The Bertz CT molecular complexity index is 1010. The molecule has 9 nitrogen and oxygen atoms in total. The molecule has 1 aliphatic carbocycles. The number of carbonyl (C=O) groups is 4. The summed E-state index contributed by atoms with van der Waals surface area (Å²) in [7, 11) is 4.96. The van der Waals surface area contributed by atoms with Gasteiger partial charge in [0.2, 0.25) is 0 Å². The Balaban J connectivity index is 2.18. The molecule has 2 atom stereocenters. The van der Waals surface area contributed by atoms with Gasteiger partial charge in [0, 0.05) is 23.0 Å². The van der Waals surface area contributed by atoms with Crippen molar-refractivity contribution < 1.29 is 38.1 Å². The highest BCUT2D eigenvalue weighted by atomic mass is 16.5. The van der Waals surface area contributed by atoms with E-state index >= 15 is 0 Å². The largest absolute Gasteiger partial charge is 0.469 e. The van der Waals surface area contributed by atoms with E-state index in [9.17, 15) is 19.2 Å². The van der Waals surface area contributed by atoms with Crippen LogP contribution >= 0.6 is 0 Å². The maximum atomic E-state index is 12.3. The van der Waals surface area contributed by atoms with E-state index in [4.69, 9.17) is 18.9 Å². The second kappa shape index (κ2) is 7.94. The van der Waals surface area contributed by atoms with Gasteiger partial charge in [0.25, 0.3) is 0 Å². The van der Waals surface area contributed by atoms with Crippen LogP contribution in [0.4, 0.5) is 0 Å². The van der Waals surface area contributed by atoms with Gasteiger partial charge in [-0.15, -0.1) is 0 Å². The van der Waals surface area contributed by atoms with Crippen molar-refractivity contribution in [3.63, 3.8) is 0 Å². The number of benzene rings is 1. The van der Waals surface area contributed by atoms with Crippen LogP contribution in [0, 0.1) is 11.8 Å². The van der Waals surface area contributed by atoms with Crippen LogP contribution in [0.1, 0.15) is 32.0 Å². The lowest BCUT2D eigenvalue weighted by molar-refractivity contribution is -0.158. The number of fused-ring (bicyclic) bond motifs is 3. The molecule has 0 bridgehead atoms. The summed E-state index contributed by atoms with van der Waals surface area (Å²) in [6.07, 6.45) is 0.456. The molecule has 1 aliphatic rings. The molecule has 3 rings (SSSR count). The second-order valence-corrected chi connectivity index (χ2v) is 6.68. The van der Waals surface area contributed by atoms with E-state index in [2.05, 4.69) is 4.98 Å². The zero-order valence-corrected chi connectivity index (χ0v) is 16.5. The lowest BCUT2D eigenvalue weighted by Crippen LogP contribution is -2.37. The lowest BCUT2D eigenvalue weighted by atomic mass is 9.77. The van der Waals surface area contributed by atoms with Crippen LogP contribution in [-0.4, -0.2) is 57.3 Å². The summed E-state index contributed by atoms with van der Waals surface area (Å²) < 4.78 is 19.3. The van der Waals surface area contributed by atoms with E-state index in [0.29, 0.717) is 10.9 Å². The number of hydrogen-bond donors (Lipinski definition) is 1. The van der Waals surface area contributed by atoms with Crippen molar-refractivity contribution in [1.29, 1.82) is 0 Å². The fourth-order valence-electron chi connectivity index (χ4n) is 3.84. The van der Waals surface area contributed by atoms with E-state index in [1.54, 1.807) is 0 Å². The van der Waals surface area contributed by atoms with Crippen molar-refractivity contribution >= 4 is 34.8 Å². The molecule has 0 saturated heterocycles. The van der Waals surface area contributed by atoms with Crippen LogP contribution in [0.15, 0.2) is 12.1 Å².